The summed E-state index contributed by atoms with van der Waals surface area (Å²) >= 11 is 5.91. The second-order valence-corrected chi connectivity index (χ2v) is 4.33. The molecule has 0 bridgehead atoms. The largest absolute Gasteiger partial charge is 0.321 e. The molecular weight excluding hydrogens is 212 g/mol. The van der Waals surface area contributed by atoms with Crippen LogP contribution in [0.25, 0.3) is 0 Å². The van der Waals surface area contributed by atoms with E-state index in [0.29, 0.717) is 5.15 Å². The minimum Gasteiger partial charge on any atom is -0.321 e. The third kappa shape index (κ3) is 2.71. The van der Waals surface area contributed by atoms with Gasteiger partial charge in [0.1, 0.15) is 11.0 Å². The first-order valence-corrected chi connectivity index (χ1v) is 5.80. The summed E-state index contributed by atoms with van der Waals surface area (Å²) in [6.07, 6.45) is 5.61. The van der Waals surface area contributed by atoms with Crippen molar-refractivity contribution in [1.82, 2.24) is 20.0 Å². The topological polar surface area (TPSA) is 33.1 Å². The maximum atomic E-state index is 5.91. The van der Waals surface area contributed by atoms with Gasteiger partial charge in [0.15, 0.2) is 0 Å². The van der Waals surface area contributed by atoms with Crippen molar-refractivity contribution in [2.75, 3.05) is 13.1 Å². The van der Waals surface area contributed by atoms with Gasteiger partial charge in [0.05, 0.1) is 12.7 Å². The molecule has 0 amide bonds. The van der Waals surface area contributed by atoms with E-state index < -0.39 is 0 Å². The van der Waals surface area contributed by atoms with E-state index in [1.165, 1.54) is 19.3 Å². The van der Waals surface area contributed by atoms with Crippen LogP contribution in [-0.2, 0) is 13.6 Å². The second kappa shape index (κ2) is 4.96. The number of hydrogen-bond donors (Lipinski definition) is 1. The molecule has 0 saturated carbocycles. The maximum Gasteiger partial charge on any atom is 0.128 e. The Labute approximate surface area is 95.2 Å². The number of rotatable bonds is 3. The molecule has 4 nitrogen and oxygen atoms in total. The SMILES string of the molecule is Cn1c(Cl)cnc1CNN1CCCCC1. The molecular formula is C10H17ClN4. The predicted octanol–water partition coefficient (Wildman–Crippen LogP) is 1.56. The number of imidazole rings is 1. The molecule has 1 aromatic rings. The number of hydrazine groups is 1. The smallest absolute Gasteiger partial charge is 0.128 e. The Morgan fingerprint density at radius 1 is 1.40 bits per heavy atom. The zero-order valence-electron chi connectivity index (χ0n) is 9.04. The first kappa shape index (κ1) is 10.9. The van der Waals surface area contributed by atoms with Gasteiger partial charge in [-0.1, -0.05) is 18.0 Å². The second-order valence-electron chi connectivity index (χ2n) is 3.94. The molecule has 1 fully saturated rings. The Bertz CT molecular complexity index is 317. The summed E-state index contributed by atoms with van der Waals surface area (Å²) in [6.45, 7) is 3.03. The Kier molecular flexibility index (Phi) is 3.61. The van der Waals surface area contributed by atoms with Crippen LogP contribution in [0, 0.1) is 0 Å². The van der Waals surface area contributed by atoms with Crippen LogP contribution >= 0.6 is 11.6 Å². The molecule has 15 heavy (non-hydrogen) atoms. The van der Waals surface area contributed by atoms with Crippen molar-refractivity contribution in [2.24, 2.45) is 7.05 Å². The molecule has 1 saturated heterocycles. The van der Waals surface area contributed by atoms with Crippen LogP contribution in [-0.4, -0.2) is 27.6 Å². The molecule has 2 rings (SSSR count). The van der Waals surface area contributed by atoms with Crippen molar-refractivity contribution in [1.29, 1.82) is 0 Å². The maximum absolute atomic E-state index is 5.91. The summed E-state index contributed by atoms with van der Waals surface area (Å²) < 4.78 is 1.90. The lowest BCUT2D eigenvalue weighted by atomic mass is 10.2. The van der Waals surface area contributed by atoms with Gasteiger partial charge in [-0.2, -0.15) is 0 Å². The first-order chi connectivity index (χ1) is 7.27. The third-order valence-corrected chi connectivity index (χ3v) is 3.20. The zero-order valence-corrected chi connectivity index (χ0v) is 9.80. The predicted molar refractivity (Wildman–Crippen MR) is 60.5 cm³/mol. The summed E-state index contributed by atoms with van der Waals surface area (Å²) in [5.41, 5.74) is 3.38. The van der Waals surface area contributed by atoms with Gasteiger partial charge in [-0.05, 0) is 12.8 Å². The Hall–Kier alpha value is -0.580. The van der Waals surface area contributed by atoms with Gasteiger partial charge >= 0.3 is 0 Å². The number of aromatic nitrogens is 2. The fraction of sp³-hybridized carbons (Fsp3) is 0.700. The Balaban J connectivity index is 1.84. The molecule has 1 aromatic heterocycles. The van der Waals surface area contributed by atoms with Crippen LogP contribution in [0.5, 0.6) is 0 Å². The van der Waals surface area contributed by atoms with E-state index in [1.807, 2.05) is 11.6 Å². The van der Waals surface area contributed by atoms with Crippen LogP contribution in [0.15, 0.2) is 6.20 Å². The lowest BCUT2D eigenvalue weighted by Crippen LogP contribution is -2.41. The standard InChI is InChI=1S/C10H17ClN4/c1-14-9(11)7-12-10(14)8-13-15-5-3-2-4-6-15/h7,13H,2-6,8H2,1H3. The molecule has 0 aromatic carbocycles. The van der Waals surface area contributed by atoms with Crippen LogP contribution in [0.2, 0.25) is 5.15 Å². The van der Waals surface area contributed by atoms with E-state index in [9.17, 15) is 0 Å². The van der Waals surface area contributed by atoms with Crippen molar-refractivity contribution >= 4 is 11.6 Å². The van der Waals surface area contributed by atoms with Gasteiger partial charge in [-0.3, -0.25) is 0 Å². The van der Waals surface area contributed by atoms with Crippen molar-refractivity contribution in [3.8, 4) is 0 Å². The highest BCUT2D eigenvalue weighted by Crippen LogP contribution is 2.10. The molecule has 5 heteroatoms. The van der Waals surface area contributed by atoms with Gasteiger partial charge in [0.25, 0.3) is 0 Å². The van der Waals surface area contributed by atoms with E-state index >= 15 is 0 Å². The number of nitrogens with zero attached hydrogens (tertiary/aromatic N) is 3. The fourth-order valence-electron chi connectivity index (χ4n) is 1.82. The van der Waals surface area contributed by atoms with E-state index in [-0.39, 0.29) is 0 Å². The molecule has 2 heterocycles. The van der Waals surface area contributed by atoms with Crippen molar-refractivity contribution in [2.45, 2.75) is 25.8 Å². The fourth-order valence-corrected chi connectivity index (χ4v) is 1.97. The Morgan fingerprint density at radius 2 is 2.13 bits per heavy atom. The van der Waals surface area contributed by atoms with Crippen LogP contribution in [0.3, 0.4) is 0 Å². The van der Waals surface area contributed by atoms with Crippen LogP contribution < -0.4 is 5.43 Å². The average molecular weight is 229 g/mol. The van der Waals surface area contributed by atoms with Crippen LogP contribution in [0.4, 0.5) is 0 Å². The monoisotopic (exact) mass is 228 g/mol. The molecule has 0 spiro atoms. The normalized spacial score (nSPS) is 18.3. The van der Waals surface area contributed by atoms with Crippen molar-refractivity contribution in [3.05, 3.63) is 17.2 Å². The highest BCUT2D eigenvalue weighted by Gasteiger charge is 2.10. The first-order valence-electron chi connectivity index (χ1n) is 5.42. The Morgan fingerprint density at radius 3 is 2.73 bits per heavy atom. The summed E-state index contributed by atoms with van der Waals surface area (Å²) in [4.78, 5) is 4.24. The molecule has 1 N–H and O–H groups in total. The van der Waals surface area contributed by atoms with Gasteiger partial charge in [0.2, 0.25) is 0 Å². The minimum absolute atomic E-state index is 0.686. The van der Waals surface area contributed by atoms with Gasteiger partial charge in [0, 0.05) is 20.1 Å². The van der Waals surface area contributed by atoms with Gasteiger partial charge < -0.3 is 4.57 Å². The molecule has 0 aliphatic carbocycles. The summed E-state index contributed by atoms with van der Waals surface area (Å²) in [6, 6.07) is 0. The van der Waals surface area contributed by atoms with E-state index in [2.05, 4.69) is 15.4 Å². The van der Waals surface area contributed by atoms with Crippen molar-refractivity contribution < 1.29 is 0 Å². The quantitative estimate of drug-likeness (QED) is 0.853. The molecule has 0 unspecified atom stereocenters. The number of nitrogens with one attached hydrogen (secondary N) is 1. The third-order valence-electron chi connectivity index (χ3n) is 2.84. The van der Waals surface area contributed by atoms with E-state index in [1.54, 1.807) is 6.20 Å². The van der Waals surface area contributed by atoms with E-state index in [4.69, 9.17) is 11.6 Å². The average Bonchev–Trinajstić information content (AvgIpc) is 2.59. The highest BCUT2D eigenvalue weighted by atomic mass is 35.5. The highest BCUT2D eigenvalue weighted by molar-refractivity contribution is 6.29. The van der Waals surface area contributed by atoms with Gasteiger partial charge in [-0.25, -0.2) is 15.4 Å². The molecule has 0 atom stereocenters. The summed E-state index contributed by atoms with van der Waals surface area (Å²) in [5.74, 6) is 0.977. The minimum atomic E-state index is 0.686. The zero-order chi connectivity index (χ0) is 10.7. The number of hydrogen-bond acceptors (Lipinski definition) is 3. The lowest BCUT2D eigenvalue weighted by molar-refractivity contribution is 0.149. The van der Waals surface area contributed by atoms with Gasteiger partial charge in [-0.15, -0.1) is 0 Å². The molecule has 1 aliphatic heterocycles. The van der Waals surface area contributed by atoms with Crippen molar-refractivity contribution in [3.63, 3.8) is 0 Å². The lowest BCUT2D eigenvalue weighted by Gasteiger charge is -2.26. The molecule has 84 valence electrons. The molecule has 0 radical (unpaired) electrons. The summed E-state index contributed by atoms with van der Waals surface area (Å²) in [5, 5.41) is 2.96. The molecule has 1 aliphatic rings. The number of piperidine rings is 1. The van der Waals surface area contributed by atoms with Crippen LogP contribution in [0.1, 0.15) is 25.1 Å². The van der Waals surface area contributed by atoms with E-state index in [0.717, 1.165) is 25.5 Å². The summed E-state index contributed by atoms with van der Waals surface area (Å²) in [7, 11) is 1.93. The number of halogens is 1.